The molecule has 0 aliphatic heterocycles. The summed E-state index contributed by atoms with van der Waals surface area (Å²) in [5, 5.41) is 0. The minimum absolute atomic E-state index is 0.0166. The van der Waals surface area contributed by atoms with Crippen LogP contribution in [0.25, 0.3) is 44.5 Å². The number of hydrogen-bond donors (Lipinski definition) is 0. The molecule has 2 aliphatic carbocycles. The Morgan fingerprint density at radius 3 is 1.50 bits per heavy atom. The van der Waals surface area contributed by atoms with Crippen LogP contribution in [-0.2, 0) is 16.2 Å². The Balaban J connectivity index is 1.09. The van der Waals surface area contributed by atoms with Gasteiger partial charge in [0.25, 0.3) is 0 Å². The third-order valence-corrected chi connectivity index (χ3v) is 14.6. The van der Waals surface area contributed by atoms with Crippen LogP contribution >= 0.6 is 0 Å². The van der Waals surface area contributed by atoms with E-state index in [0.29, 0.717) is 5.92 Å². The molecule has 326 valence electrons. The number of rotatable bonds is 11. The average molecular weight is 840 g/mol. The lowest BCUT2D eigenvalue weighted by molar-refractivity contribution is 0.436. The standard InChI is InChI=1S/C63H69N/c1-9-37-63(38-10-2)59-22-15-14-21-57(59)58-36-35-56(43-60(58)63)64(55-33-29-47(30-34-55)50-20-16-19-49(39-50)44-17-12-11-13-18-44)54-31-27-46(28-32-54)45-23-25-48(26-24-45)51-40-52(61(3,4)5)42-53(41-51)62(6,7)8/h14-16,19-36,39-44H,9-13,17-18,37-38H2,1-8H3. The molecule has 0 bridgehead atoms. The number of hydrogen-bond acceptors (Lipinski definition) is 1. The number of benzene rings is 7. The zero-order chi connectivity index (χ0) is 44.6. The molecule has 0 amide bonds. The number of fused-ring (bicyclic) bond motifs is 3. The molecule has 0 saturated heterocycles. The van der Waals surface area contributed by atoms with Crippen molar-refractivity contribution in [3.63, 3.8) is 0 Å². The van der Waals surface area contributed by atoms with Gasteiger partial charge in [-0.3, -0.25) is 0 Å². The summed E-state index contributed by atoms with van der Waals surface area (Å²) in [7, 11) is 0. The van der Waals surface area contributed by atoms with E-state index in [1.807, 2.05) is 0 Å². The maximum absolute atomic E-state index is 2.54. The molecule has 0 aromatic heterocycles. The fourth-order valence-electron chi connectivity index (χ4n) is 11.1. The molecule has 1 nitrogen and oxygen atoms in total. The van der Waals surface area contributed by atoms with E-state index in [1.54, 1.807) is 0 Å². The maximum atomic E-state index is 2.54. The first-order valence-corrected chi connectivity index (χ1v) is 24.5. The van der Waals surface area contributed by atoms with Crippen molar-refractivity contribution >= 4 is 17.1 Å². The van der Waals surface area contributed by atoms with Gasteiger partial charge in [-0.1, -0.05) is 209 Å². The molecule has 64 heavy (non-hydrogen) atoms. The summed E-state index contributed by atoms with van der Waals surface area (Å²) >= 11 is 0. The Bertz CT molecular complexity index is 2670. The quantitative estimate of drug-likeness (QED) is 0.125. The van der Waals surface area contributed by atoms with Crippen LogP contribution in [0.5, 0.6) is 0 Å². The summed E-state index contributed by atoms with van der Waals surface area (Å²) in [5.74, 6) is 0.690. The van der Waals surface area contributed by atoms with Crippen LogP contribution in [0.15, 0.2) is 158 Å². The highest BCUT2D eigenvalue weighted by molar-refractivity contribution is 5.87. The highest BCUT2D eigenvalue weighted by Crippen LogP contribution is 2.55. The lowest BCUT2D eigenvalue weighted by Crippen LogP contribution is -2.25. The molecule has 7 aromatic rings. The topological polar surface area (TPSA) is 3.24 Å². The molecule has 1 saturated carbocycles. The van der Waals surface area contributed by atoms with Gasteiger partial charge < -0.3 is 4.90 Å². The van der Waals surface area contributed by atoms with Crippen molar-refractivity contribution in [2.45, 2.75) is 135 Å². The SMILES string of the molecule is CCCC1(CCC)c2ccccc2-c2ccc(N(c3ccc(-c4ccc(-c5cc(C(C)(C)C)cc(C(C)(C)C)c5)cc4)cc3)c3ccc(-c4cccc(C5CCCCC5)c4)cc3)cc21. The van der Waals surface area contributed by atoms with Crippen LogP contribution in [0.1, 0.15) is 147 Å². The molecule has 0 unspecified atom stereocenters. The molecule has 0 radical (unpaired) electrons. The van der Waals surface area contributed by atoms with E-state index in [9.17, 15) is 0 Å². The highest BCUT2D eigenvalue weighted by atomic mass is 15.1. The normalized spacial score (nSPS) is 14.9. The molecular weight excluding hydrogens is 771 g/mol. The van der Waals surface area contributed by atoms with Crippen molar-refractivity contribution in [2.24, 2.45) is 0 Å². The zero-order valence-corrected chi connectivity index (χ0v) is 39.9. The fraction of sp³-hybridized carbons (Fsp3) is 0.333. The predicted molar refractivity (Wildman–Crippen MR) is 277 cm³/mol. The van der Waals surface area contributed by atoms with E-state index in [4.69, 9.17) is 0 Å². The van der Waals surface area contributed by atoms with E-state index in [2.05, 4.69) is 218 Å². The van der Waals surface area contributed by atoms with E-state index in [-0.39, 0.29) is 16.2 Å². The molecule has 1 fully saturated rings. The number of anilines is 3. The molecule has 0 N–H and O–H groups in total. The Morgan fingerprint density at radius 1 is 0.438 bits per heavy atom. The first kappa shape index (κ1) is 43.6. The molecular formula is C63H69N. The molecule has 7 aromatic carbocycles. The van der Waals surface area contributed by atoms with Gasteiger partial charge in [-0.2, -0.15) is 0 Å². The summed E-state index contributed by atoms with van der Waals surface area (Å²) in [4.78, 5) is 2.48. The third kappa shape index (κ3) is 8.52. The Kier molecular flexibility index (Phi) is 12.1. The first-order valence-electron chi connectivity index (χ1n) is 24.5. The van der Waals surface area contributed by atoms with Crippen molar-refractivity contribution in [1.29, 1.82) is 0 Å². The van der Waals surface area contributed by atoms with Gasteiger partial charge in [0, 0.05) is 22.5 Å². The minimum Gasteiger partial charge on any atom is -0.310 e. The monoisotopic (exact) mass is 840 g/mol. The van der Waals surface area contributed by atoms with E-state index in [1.165, 1.54) is 116 Å². The second-order valence-electron chi connectivity index (χ2n) is 21.1. The maximum Gasteiger partial charge on any atom is 0.0465 e. The Hall–Kier alpha value is -5.66. The van der Waals surface area contributed by atoms with Crippen molar-refractivity contribution in [3.8, 4) is 44.5 Å². The van der Waals surface area contributed by atoms with E-state index >= 15 is 0 Å². The second-order valence-corrected chi connectivity index (χ2v) is 21.1. The van der Waals surface area contributed by atoms with Gasteiger partial charge in [0.15, 0.2) is 0 Å². The summed E-state index contributed by atoms with van der Waals surface area (Å²) in [6.07, 6.45) is 11.3. The van der Waals surface area contributed by atoms with Crippen LogP contribution in [0.4, 0.5) is 17.1 Å². The average Bonchev–Trinajstić information content (AvgIpc) is 3.57. The molecule has 9 rings (SSSR count). The zero-order valence-electron chi connectivity index (χ0n) is 39.9. The van der Waals surface area contributed by atoms with Crippen LogP contribution in [0, 0.1) is 0 Å². The lowest BCUT2D eigenvalue weighted by Gasteiger charge is -2.33. The first-order chi connectivity index (χ1) is 30.9. The van der Waals surface area contributed by atoms with Gasteiger partial charge in [-0.05, 0) is 151 Å². The van der Waals surface area contributed by atoms with Crippen LogP contribution in [-0.4, -0.2) is 0 Å². The van der Waals surface area contributed by atoms with Crippen LogP contribution in [0.2, 0.25) is 0 Å². The van der Waals surface area contributed by atoms with Gasteiger partial charge in [-0.25, -0.2) is 0 Å². The largest absolute Gasteiger partial charge is 0.310 e. The van der Waals surface area contributed by atoms with Gasteiger partial charge in [0.2, 0.25) is 0 Å². The van der Waals surface area contributed by atoms with Crippen molar-refractivity contribution in [2.75, 3.05) is 4.90 Å². The van der Waals surface area contributed by atoms with Crippen molar-refractivity contribution < 1.29 is 0 Å². The molecule has 1 heteroatoms. The lowest BCUT2D eigenvalue weighted by atomic mass is 9.71. The fourth-order valence-corrected chi connectivity index (χ4v) is 11.1. The van der Waals surface area contributed by atoms with Crippen molar-refractivity contribution in [1.82, 2.24) is 0 Å². The third-order valence-electron chi connectivity index (χ3n) is 14.6. The predicted octanol–water partition coefficient (Wildman–Crippen LogP) is 18.7. The number of nitrogens with zero attached hydrogens (tertiary/aromatic N) is 1. The van der Waals surface area contributed by atoms with E-state index < -0.39 is 0 Å². The summed E-state index contributed by atoms with van der Waals surface area (Å²) in [6.45, 7) is 18.6. The second kappa shape index (κ2) is 17.7. The van der Waals surface area contributed by atoms with Crippen LogP contribution in [0.3, 0.4) is 0 Å². The molecule has 0 heterocycles. The Labute approximate surface area is 385 Å². The van der Waals surface area contributed by atoms with Crippen LogP contribution < -0.4 is 4.90 Å². The summed E-state index contributed by atoms with van der Waals surface area (Å²) in [6, 6.07) is 60.8. The van der Waals surface area contributed by atoms with Crippen molar-refractivity contribution in [3.05, 3.63) is 186 Å². The van der Waals surface area contributed by atoms with Gasteiger partial charge in [-0.15, -0.1) is 0 Å². The highest BCUT2D eigenvalue weighted by Gasteiger charge is 2.42. The van der Waals surface area contributed by atoms with Gasteiger partial charge in [0.1, 0.15) is 0 Å². The van der Waals surface area contributed by atoms with E-state index in [0.717, 1.165) is 31.4 Å². The molecule has 0 spiro atoms. The van der Waals surface area contributed by atoms with Gasteiger partial charge in [0.05, 0.1) is 0 Å². The van der Waals surface area contributed by atoms with Gasteiger partial charge >= 0.3 is 0 Å². The minimum atomic E-state index is 0.0166. The summed E-state index contributed by atoms with van der Waals surface area (Å²) < 4.78 is 0. The Morgan fingerprint density at radius 2 is 0.938 bits per heavy atom. The molecule has 2 aliphatic rings. The summed E-state index contributed by atoms with van der Waals surface area (Å²) in [5.41, 5.74) is 21.3. The molecule has 0 atom stereocenters. The smallest absolute Gasteiger partial charge is 0.0465 e.